The van der Waals surface area contributed by atoms with Crippen LogP contribution in [0.1, 0.15) is 12.0 Å². The van der Waals surface area contributed by atoms with E-state index in [2.05, 4.69) is 25.7 Å². The zero-order valence-electron chi connectivity index (χ0n) is 10.9. The van der Waals surface area contributed by atoms with E-state index in [1.54, 1.807) is 6.07 Å². The second-order valence-electron chi connectivity index (χ2n) is 5.09. The zero-order chi connectivity index (χ0) is 13.2. The summed E-state index contributed by atoms with van der Waals surface area (Å²) in [5, 5.41) is 0. The number of ether oxygens (including phenoxy) is 1. The second kappa shape index (κ2) is 5.77. The molecular weight excluding hydrogens is 311 g/mol. The van der Waals surface area contributed by atoms with Crippen LogP contribution < -0.4 is 4.90 Å². The highest BCUT2D eigenvalue weighted by Crippen LogP contribution is 2.31. The SMILES string of the molecule is Fc1c(Br)ccc(N2CCOCC2)c1CN1CCC1. The normalized spacial score (nSPS) is 20.4. The van der Waals surface area contributed by atoms with Crippen molar-refractivity contribution in [3.05, 3.63) is 28.0 Å². The minimum atomic E-state index is -0.115. The summed E-state index contributed by atoms with van der Waals surface area (Å²) >= 11 is 3.30. The highest BCUT2D eigenvalue weighted by atomic mass is 79.9. The van der Waals surface area contributed by atoms with E-state index in [1.165, 1.54) is 6.42 Å². The van der Waals surface area contributed by atoms with Crippen LogP contribution in [0.4, 0.5) is 10.1 Å². The Kier molecular flexibility index (Phi) is 4.05. The van der Waals surface area contributed by atoms with Gasteiger partial charge in [0.15, 0.2) is 0 Å². The molecule has 2 aliphatic heterocycles. The molecule has 1 aromatic carbocycles. The summed E-state index contributed by atoms with van der Waals surface area (Å²) in [6.45, 7) is 5.99. The summed E-state index contributed by atoms with van der Waals surface area (Å²) in [5.41, 5.74) is 1.84. The van der Waals surface area contributed by atoms with Crippen molar-refractivity contribution >= 4 is 21.6 Å². The van der Waals surface area contributed by atoms with Crippen LogP contribution in [0.5, 0.6) is 0 Å². The molecule has 3 rings (SSSR count). The van der Waals surface area contributed by atoms with Crippen LogP contribution in [0.15, 0.2) is 16.6 Å². The molecule has 2 saturated heterocycles. The number of hydrogen-bond donors (Lipinski definition) is 0. The molecule has 0 radical (unpaired) electrons. The monoisotopic (exact) mass is 328 g/mol. The predicted molar refractivity (Wildman–Crippen MR) is 77.0 cm³/mol. The van der Waals surface area contributed by atoms with Gasteiger partial charge in [-0.1, -0.05) is 0 Å². The van der Waals surface area contributed by atoms with Gasteiger partial charge in [0, 0.05) is 30.9 Å². The number of anilines is 1. The molecule has 0 aliphatic carbocycles. The average Bonchev–Trinajstić information content (AvgIpc) is 2.39. The molecule has 2 fully saturated rings. The number of hydrogen-bond acceptors (Lipinski definition) is 3. The molecule has 1 aromatic rings. The van der Waals surface area contributed by atoms with E-state index in [-0.39, 0.29) is 5.82 Å². The van der Waals surface area contributed by atoms with E-state index in [4.69, 9.17) is 4.74 Å². The highest BCUT2D eigenvalue weighted by molar-refractivity contribution is 9.10. The van der Waals surface area contributed by atoms with Crippen molar-refractivity contribution in [1.82, 2.24) is 4.90 Å². The molecule has 0 bridgehead atoms. The molecule has 0 saturated carbocycles. The molecule has 0 unspecified atom stereocenters. The molecule has 5 heteroatoms. The first kappa shape index (κ1) is 13.3. The lowest BCUT2D eigenvalue weighted by Crippen LogP contribution is -2.39. The average molecular weight is 329 g/mol. The van der Waals surface area contributed by atoms with Gasteiger partial charge in [0.1, 0.15) is 5.82 Å². The Hall–Kier alpha value is -0.650. The number of halogens is 2. The maximum absolute atomic E-state index is 14.4. The molecule has 19 heavy (non-hydrogen) atoms. The topological polar surface area (TPSA) is 15.7 Å². The van der Waals surface area contributed by atoms with Gasteiger partial charge in [-0.15, -0.1) is 0 Å². The summed E-state index contributed by atoms with van der Waals surface area (Å²) < 4.78 is 20.3. The highest BCUT2D eigenvalue weighted by Gasteiger charge is 2.23. The Balaban J connectivity index is 1.89. The van der Waals surface area contributed by atoms with Crippen molar-refractivity contribution in [3.63, 3.8) is 0 Å². The van der Waals surface area contributed by atoms with E-state index >= 15 is 0 Å². The van der Waals surface area contributed by atoms with E-state index in [1.807, 2.05) is 6.07 Å². The first-order chi connectivity index (χ1) is 9.25. The van der Waals surface area contributed by atoms with Gasteiger partial charge >= 0.3 is 0 Å². The minimum Gasteiger partial charge on any atom is -0.378 e. The second-order valence-corrected chi connectivity index (χ2v) is 5.94. The van der Waals surface area contributed by atoms with Gasteiger partial charge in [-0.2, -0.15) is 0 Å². The predicted octanol–water partition coefficient (Wildman–Crippen LogP) is 2.63. The third kappa shape index (κ3) is 2.78. The van der Waals surface area contributed by atoms with Gasteiger partial charge in [0.05, 0.1) is 17.7 Å². The first-order valence-electron chi connectivity index (χ1n) is 6.77. The van der Waals surface area contributed by atoms with E-state index in [0.29, 0.717) is 11.0 Å². The summed E-state index contributed by atoms with van der Waals surface area (Å²) in [6, 6.07) is 3.83. The van der Waals surface area contributed by atoms with Crippen LogP contribution in [0.25, 0.3) is 0 Å². The van der Waals surface area contributed by atoms with Gasteiger partial charge in [-0.05, 0) is 47.6 Å². The number of rotatable bonds is 3. The van der Waals surface area contributed by atoms with Crippen LogP contribution in [0.3, 0.4) is 0 Å². The first-order valence-corrected chi connectivity index (χ1v) is 7.57. The maximum atomic E-state index is 14.4. The Morgan fingerprint density at radius 3 is 2.53 bits per heavy atom. The van der Waals surface area contributed by atoms with Crippen molar-refractivity contribution < 1.29 is 9.13 Å². The fourth-order valence-electron chi connectivity index (χ4n) is 2.60. The van der Waals surface area contributed by atoms with Crippen molar-refractivity contribution in [2.75, 3.05) is 44.3 Å². The fraction of sp³-hybridized carbons (Fsp3) is 0.571. The Morgan fingerprint density at radius 2 is 1.89 bits per heavy atom. The quantitative estimate of drug-likeness (QED) is 0.848. The third-order valence-corrected chi connectivity index (χ3v) is 4.47. The lowest BCUT2D eigenvalue weighted by molar-refractivity contribution is 0.122. The van der Waals surface area contributed by atoms with Gasteiger partial charge < -0.3 is 9.64 Å². The van der Waals surface area contributed by atoms with Crippen molar-refractivity contribution in [2.45, 2.75) is 13.0 Å². The molecule has 0 aromatic heterocycles. The van der Waals surface area contributed by atoms with E-state index in [9.17, 15) is 4.39 Å². The van der Waals surface area contributed by atoms with Crippen LogP contribution >= 0.6 is 15.9 Å². The molecule has 2 heterocycles. The molecule has 3 nitrogen and oxygen atoms in total. The third-order valence-electron chi connectivity index (χ3n) is 3.85. The molecule has 104 valence electrons. The molecule has 0 atom stereocenters. The zero-order valence-corrected chi connectivity index (χ0v) is 12.5. The minimum absolute atomic E-state index is 0.115. The number of benzene rings is 1. The lowest BCUT2D eigenvalue weighted by atomic mass is 10.1. The fourth-order valence-corrected chi connectivity index (χ4v) is 2.97. The number of likely N-dealkylation sites (tertiary alicyclic amines) is 1. The van der Waals surface area contributed by atoms with E-state index < -0.39 is 0 Å². The largest absolute Gasteiger partial charge is 0.378 e. The van der Waals surface area contributed by atoms with Crippen molar-refractivity contribution in [3.8, 4) is 0 Å². The Bertz CT molecular complexity index is 459. The maximum Gasteiger partial charge on any atom is 0.143 e. The number of nitrogens with zero attached hydrogens (tertiary/aromatic N) is 2. The Labute approximate surface area is 121 Å². The summed E-state index contributed by atoms with van der Waals surface area (Å²) in [7, 11) is 0. The summed E-state index contributed by atoms with van der Waals surface area (Å²) in [5.74, 6) is -0.115. The molecule has 0 spiro atoms. The van der Waals surface area contributed by atoms with Crippen LogP contribution in [-0.2, 0) is 11.3 Å². The molecule has 0 N–H and O–H groups in total. The van der Waals surface area contributed by atoms with Crippen LogP contribution in [0, 0.1) is 5.82 Å². The molecular formula is C14H18BrFN2O. The van der Waals surface area contributed by atoms with Crippen LogP contribution in [-0.4, -0.2) is 44.3 Å². The smallest absolute Gasteiger partial charge is 0.143 e. The van der Waals surface area contributed by atoms with Crippen LogP contribution in [0.2, 0.25) is 0 Å². The van der Waals surface area contributed by atoms with Crippen molar-refractivity contribution in [1.29, 1.82) is 0 Å². The summed E-state index contributed by atoms with van der Waals surface area (Å²) in [6.07, 6.45) is 1.22. The van der Waals surface area contributed by atoms with Crippen molar-refractivity contribution in [2.24, 2.45) is 0 Å². The lowest BCUT2D eigenvalue weighted by Gasteiger charge is -2.35. The number of morpholine rings is 1. The molecule has 2 aliphatic rings. The van der Waals surface area contributed by atoms with Gasteiger partial charge in [0.25, 0.3) is 0 Å². The summed E-state index contributed by atoms with van der Waals surface area (Å²) in [4.78, 5) is 4.52. The van der Waals surface area contributed by atoms with Gasteiger partial charge in [-0.25, -0.2) is 4.39 Å². The Morgan fingerprint density at radius 1 is 1.16 bits per heavy atom. The molecule has 0 amide bonds. The van der Waals surface area contributed by atoms with Gasteiger partial charge in [0.2, 0.25) is 0 Å². The van der Waals surface area contributed by atoms with E-state index in [0.717, 1.165) is 50.6 Å². The standard InChI is InChI=1S/C14H18BrFN2O/c15-12-2-3-13(18-6-8-19-9-7-18)11(14(12)16)10-17-4-1-5-17/h2-3H,1,4-10H2. The van der Waals surface area contributed by atoms with Gasteiger partial charge in [-0.3, -0.25) is 4.90 Å².